The fourth-order valence-corrected chi connectivity index (χ4v) is 8.03. The Morgan fingerprint density at radius 1 is 1.02 bits per heavy atom. The fraction of sp³-hybridized carbons (Fsp3) is 0.444. The number of carbonyl (C=O) groups is 3. The van der Waals surface area contributed by atoms with E-state index in [-0.39, 0.29) is 18.7 Å². The highest BCUT2D eigenvalue weighted by Crippen LogP contribution is 2.48. The second-order valence-electron chi connectivity index (χ2n) is 13.9. The standard InChI is InChI=1S/C36H44N4O7S/c1-35(2)24-13-7-9-15-27(24)39(5)29(35)19-22-32(38-26(21-48(45,46)47)34(44)37-18-12-11-17-31(41)42)23(33(22)43)20-30-36(3,4)25-14-8-10-16-28(25)40(30)6/h7-10,13-16,19-20,22,26,32,38H,11-12,17-18,21H2,1-6H3,(H2-,37,41,42,44,45,46,47)/p+1. The molecule has 0 bridgehead atoms. The molecule has 1 amide bonds. The molecular formula is C36H45N4O7S+. The first-order valence-electron chi connectivity index (χ1n) is 16.2. The van der Waals surface area contributed by atoms with Crippen LogP contribution in [0.5, 0.6) is 0 Å². The average Bonchev–Trinajstić information content (AvgIpc) is 3.33. The zero-order valence-corrected chi connectivity index (χ0v) is 29.1. The van der Waals surface area contributed by atoms with Gasteiger partial charge in [-0.3, -0.25) is 24.3 Å². The van der Waals surface area contributed by atoms with Crippen molar-refractivity contribution in [3.8, 4) is 0 Å². The molecule has 2 aliphatic heterocycles. The molecule has 1 saturated carbocycles. The van der Waals surface area contributed by atoms with Crippen LogP contribution in [0.1, 0.15) is 58.1 Å². The summed E-state index contributed by atoms with van der Waals surface area (Å²) in [7, 11) is -0.718. The van der Waals surface area contributed by atoms with Crippen LogP contribution in [0.25, 0.3) is 0 Å². The normalized spacial score (nSPS) is 23.2. The molecule has 3 aliphatic rings. The smallest absolute Gasteiger partial charge is 0.303 e. The molecule has 256 valence electrons. The molecule has 2 aromatic carbocycles. The highest BCUT2D eigenvalue weighted by atomic mass is 32.2. The summed E-state index contributed by atoms with van der Waals surface area (Å²) >= 11 is 0. The summed E-state index contributed by atoms with van der Waals surface area (Å²) in [6.45, 7) is 8.47. The van der Waals surface area contributed by atoms with Crippen LogP contribution < -0.4 is 15.5 Å². The van der Waals surface area contributed by atoms with Gasteiger partial charge < -0.3 is 15.3 Å². The van der Waals surface area contributed by atoms with Crippen LogP contribution in [0.15, 0.2) is 72.0 Å². The maximum absolute atomic E-state index is 14.1. The molecule has 12 heteroatoms. The number of carbonyl (C=O) groups excluding carboxylic acids is 2. The van der Waals surface area contributed by atoms with Gasteiger partial charge in [0, 0.05) is 60.1 Å². The number of hydrogen-bond acceptors (Lipinski definition) is 7. The molecule has 4 N–H and O–H groups in total. The number of para-hydroxylation sites is 2. The van der Waals surface area contributed by atoms with Crippen LogP contribution in [0.3, 0.4) is 0 Å². The van der Waals surface area contributed by atoms with Gasteiger partial charge in [0.1, 0.15) is 13.1 Å². The number of Topliss-reactive ketones (excluding diaryl/α,β-unsaturated/α-hetero) is 1. The van der Waals surface area contributed by atoms with Gasteiger partial charge >= 0.3 is 5.97 Å². The van der Waals surface area contributed by atoms with Crippen molar-refractivity contribution in [1.29, 1.82) is 0 Å². The van der Waals surface area contributed by atoms with Crippen molar-refractivity contribution in [2.75, 3.05) is 31.3 Å². The predicted octanol–water partition coefficient (Wildman–Crippen LogP) is 3.72. The van der Waals surface area contributed by atoms with Crippen LogP contribution in [0.2, 0.25) is 0 Å². The Balaban J connectivity index is 1.52. The Kier molecular flexibility index (Phi) is 9.57. The number of rotatable bonds is 12. The number of nitrogens with zero attached hydrogens (tertiary/aromatic N) is 2. The number of likely N-dealkylation sites (N-methyl/N-ethyl adjacent to an activating group) is 1. The van der Waals surface area contributed by atoms with Gasteiger partial charge in [0.2, 0.25) is 11.6 Å². The number of benzene rings is 2. The van der Waals surface area contributed by atoms with Crippen molar-refractivity contribution < 1.29 is 37.0 Å². The molecule has 48 heavy (non-hydrogen) atoms. The van der Waals surface area contributed by atoms with Gasteiger partial charge in [-0.15, -0.1) is 0 Å². The lowest BCUT2D eigenvalue weighted by molar-refractivity contribution is -0.401. The van der Waals surface area contributed by atoms with E-state index in [4.69, 9.17) is 5.11 Å². The fourth-order valence-electron chi connectivity index (χ4n) is 7.36. The molecule has 0 saturated heterocycles. The number of amides is 1. The number of nitrogens with one attached hydrogen (secondary N) is 2. The number of anilines is 1. The summed E-state index contributed by atoms with van der Waals surface area (Å²) in [5.41, 5.74) is 5.57. The Morgan fingerprint density at radius 2 is 1.67 bits per heavy atom. The zero-order valence-electron chi connectivity index (χ0n) is 28.3. The summed E-state index contributed by atoms with van der Waals surface area (Å²) in [6, 6.07) is 13.9. The highest BCUT2D eigenvalue weighted by molar-refractivity contribution is 7.85. The number of hydrogen-bond donors (Lipinski definition) is 4. The van der Waals surface area contributed by atoms with Gasteiger partial charge in [-0.2, -0.15) is 13.0 Å². The Bertz CT molecular complexity index is 1860. The van der Waals surface area contributed by atoms with Crippen molar-refractivity contribution in [2.24, 2.45) is 5.92 Å². The van der Waals surface area contributed by atoms with E-state index in [1.54, 1.807) is 0 Å². The van der Waals surface area contributed by atoms with E-state index in [9.17, 15) is 27.4 Å². The number of carboxylic acid groups (broad SMARTS) is 1. The summed E-state index contributed by atoms with van der Waals surface area (Å²) in [4.78, 5) is 40.4. The van der Waals surface area contributed by atoms with Crippen LogP contribution in [-0.2, 0) is 35.3 Å². The summed E-state index contributed by atoms with van der Waals surface area (Å²) < 4.78 is 36.2. The quantitative estimate of drug-likeness (QED) is 0.114. The van der Waals surface area contributed by atoms with Crippen LogP contribution >= 0.6 is 0 Å². The molecule has 3 atom stereocenters. The van der Waals surface area contributed by atoms with Gasteiger partial charge in [-0.25, -0.2) is 0 Å². The molecule has 0 radical (unpaired) electrons. The molecular weight excluding hydrogens is 632 g/mol. The lowest BCUT2D eigenvalue weighted by Crippen LogP contribution is -2.61. The summed E-state index contributed by atoms with van der Waals surface area (Å²) in [5, 5.41) is 14.7. The predicted molar refractivity (Wildman–Crippen MR) is 184 cm³/mol. The van der Waals surface area contributed by atoms with E-state index in [1.807, 2.05) is 67.2 Å². The van der Waals surface area contributed by atoms with Gasteiger partial charge in [-0.1, -0.05) is 56.3 Å². The maximum atomic E-state index is 14.1. The van der Waals surface area contributed by atoms with Crippen molar-refractivity contribution in [1.82, 2.24) is 10.6 Å². The molecule has 2 aromatic rings. The van der Waals surface area contributed by atoms with Crippen LogP contribution in [0, 0.1) is 5.92 Å². The monoisotopic (exact) mass is 677 g/mol. The first kappa shape index (κ1) is 35.2. The number of unbranched alkanes of at least 4 members (excludes halogenated alkanes) is 1. The SMILES string of the molecule is CN1C(=CC2C(=O)C(=CC3=[N+](C)c4ccccc4C3(C)C)C2NC(CS(=O)(=O)O)C(=O)NCCCCC(=O)O)C(C)(C)c2ccccc21. The number of carboxylic acids is 1. The molecule has 1 aliphatic carbocycles. The maximum Gasteiger partial charge on any atom is 0.303 e. The number of aliphatic carboxylic acids is 1. The average molecular weight is 678 g/mol. The zero-order chi connectivity index (χ0) is 35.2. The van der Waals surface area contributed by atoms with Crippen molar-refractivity contribution >= 4 is 44.9 Å². The minimum atomic E-state index is -4.61. The van der Waals surface area contributed by atoms with E-state index in [2.05, 4.69) is 55.4 Å². The van der Waals surface area contributed by atoms with Gasteiger partial charge in [0.25, 0.3) is 10.1 Å². The first-order chi connectivity index (χ1) is 22.4. The third-order valence-electron chi connectivity index (χ3n) is 9.98. The van der Waals surface area contributed by atoms with Crippen molar-refractivity contribution in [3.05, 3.63) is 83.1 Å². The minimum absolute atomic E-state index is 0.0561. The van der Waals surface area contributed by atoms with Gasteiger partial charge in [0.15, 0.2) is 11.5 Å². The minimum Gasteiger partial charge on any atom is -0.481 e. The topological polar surface area (TPSA) is 156 Å². The summed E-state index contributed by atoms with van der Waals surface area (Å²) in [5.74, 6) is -3.39. The molecule has 0 aromatic heterocycles. The van der Waals surface area contributed by atoms with Gasteiger partial charge in [0.05, 0.1) is 23.1 Å². The number of ketones is 1. The Hall–Kier alpha value is -4.13. The van der Waals surface area contributed by atoms with Crippen LogP contribution in [0.4, 0.5) is 11.4 Å². The van der Waals surface area contributed by atoms with E-state index in [1.165, 1.54) is 0 Å². The Labute approximate surface area is 282 Å². The van der Waals surface area contributed by atoms with E-state index in [0.29, 0.717) is 18.4 Å². The van der Waals surface area contributed by atoms with Crippen molar-refractivity contribution in [3.63, 3.8) is 0 Å². The molecule has 0 spiro atoms. The second kappa shape index (κ2) is 13.1. The number of allylic oxidation sites excluding steroid dienone is 2. The van der Waals surface area contributed by atoms with Crippen molar-refractivity contribution in [2.45, 2.75) is 69.9 Å². The number of fused-ring (bicyclic) bond motifs is 2. The van der Waals surface area contributed by atoms with E-state index in [0.717, 1.165) is 33.9 Å². The summed E-state index contributed by atoms with van der Waals surface area (Å²) in [6.07, 6.45) is 4.41. The molecule has 3 unspecified atom stereocenters. The van der Waals surface area contributed by atoms with E-state index >= 15 is 0 Å². The second-order valence-corrected chi connectivity index (χ2v) is 15.4. The Morgan fingerprint density at radius 3 is 2.29 bits per heavy atom. The molecule has 2 heterocycles. The lowest BCUT2D eigenvalue weighted by Gasteiger charge is -2.40. The largest absolute Gasteiger partial charge is 0.481 e. The van der Waals surface area contributed by atoms with Crippen LogP contribution in [-0.4, -0.2) is 84.5 Å². The molecule has 11 nitrogen and oxygen atoms in total. The van der Waals surface area contributed by atoms with Gasteiger partial charge in [-0.05, 0) is 38.3 Å². The highest BCUT2D eigenvalue weighted by Gasteiger charge is 2.51. The molecule has 5 rings (SSSR count). The third-order valence-corrected chi connectivity index (χ3v) is 10.7. The first-order valence-corrected chi connectivity index (χ1v) is 17.8. The van der Waals surface area contributed by atoms with E-state index < -0.39 is 56.6 Å². The lowest BCUT2D eigenvalue weighted by atomic mass is 9.69. The molecule has 1 fully saturated rings. The third kappa shape index (κ3) is 6.61.